The Kier molecular flexibility index (Phi) is 15.3. The number of hydrogen-bond donors (Lipinski definition) is 0. The van der Waals surface area contributed by atoms with Crippen LogP contribution in [-0.4, -0.2) is 0 Å². The molecule has 0 heterocycles. The first kappa shape index (κ1) is 18.6. The van der Waals surface area contributed by atoms with E-state index in [1.807, 2.05) is 0 Å². The summed E-state index contributed by atoms with van der Waals surface area (Å²) in [6.45, 7) is 4.49. The van der Waals surface area contributed by atoms with Gasteiger partial charge in [0.15, 0.2) is 0 Å². The first-order valence-electron chi connectivity index (χ1n) is 3.49. The smallest absolute Gasteiger partial charge is 0 e. The Labute approximate surface area is 106 Å². The molecule has 0 N–H and O–H groups in total. The third-order valence-electron chi connectivity index (χ3n) is 1.38. The Hall–Kier alpha value is 0.800. The van der Waals surface area contributed by atoms with Gasteiger partial charge in [-0.05, 0) is 0 Å². The first-order valence-corrected chi connectivity index (χ1v) is 3.49. The summed E-state index contributed by atoms with van der Waals surface area (Å²) in [5, 5.41) is 0. The number of hydrogen-bond acceptors (Lipinski definition) is 0. The Morgan fingerprint density at radius 3 is 1.83 bits per heavy atom. The fourth-order valence-electron chi connectivity index (χ4n) is 1.02. The molecule has 0 unspecified atom stereocenters. The van der Waals surface area contributed by atoms with Crippen molar-refractivity contribution in [2.24, 2.45) is 5.92 Å². The van der Waals surface area contributed by atoms with Crippen molar-refractivity contribution in [1.29, 1.82) is 0 Å². The monoisotopic (exact) mass is 371 g/mol. The van der Waals surface area contributed by atoms with Crippen LogP contribution in [0.5, 0.6) is 0 Å². The minimum absolute atomic E-state index is 0. The summed E-state index contributed by atoms with van der Waals surface area (Å²) in [5.74, 6) is 0.785. The Balaban J connectivity index is -0.000000270. The first-order chi connectivity index (χ1) is 4.29. The quantitative estimate of drug-likeness (QED) is 0.376. The van der Waals surface area contributed by atoms with E-state index in [0.29, 0.717) is 0 Å². The standard InChI is InChI=1S/C9H13.2ClH.Hf/c1-8(2)7-9-5-3-4-6-9;;;/h3-6,8H,7H2,1-2H3;2*1H;/q-1;;;/p-2. The molecule has 0 aliphatic heterocycles. The van der Waals surface area contributed by atoms with Gasteiger partial charge in [-0.15, -0.1) is 0 Å². The van der Waals surface area contributed by atoms with Gasteiger partial charge in [0, 0.05) is 25.8 Å². The van der Waals surface area contributed by atoms with Gasteiger partial charge in [-0.1, -0.05) is 26.2 Å². The number of halogens is 2. The minimum Gasteiger partial charge on any atom is -1.00 e. The Bertz CT molecular complexity index is 159. The van der Waals surface area contributed by atoms with Gasteiger partial charge in [0.05, 0.1) is 0 Å². The van der Waals surface area contributed by atoms with Gasteiger partial charge >= 0.3 is 0 Å². The summed E-state index contributed by atoms with van der Waals surface area (Å²) in [6.07, 6.45) is 1.22. The summed E-state index contributed by atoms with van der Waals surface area (Å²) in [6, 6.07) is 8.55. The van der Waals surface area contributed by atoms with E-state index in [2.05, 4.69) is 38.1 Å². The molecule has 3 heteroatoms. The van der Waals surface area contributed by atoms with E-state index in [-0.39, 0.29) is 50.7 Å². The summed E-state index contributed by atoms with van der Waals surface area (Å²) < 4.78 is 0. The SMILES string of the molecule is CC(C)C[c-]1cccc1.[Cl-].[Cl-].[Hf]. The van der Waals surface area contributed by atoms with Crippen molar-refractivity contribution >= 4 is 0 Å². The van der Waals surface area contributed by atoms with Crippen molar-refractivity contribution in [2.45, 2.75) is 20.3 Å². The van der Waals surface area contributed by atoms with Gasteiger partial charge < -0.3 is 24.8 Å². The van der Waals surface area contributed by atoms with Crippen LogP contribution in [0.15, 0.2) is 24.3 Å². The largest absolute Gasteiger partial charge is 1.00 e. The Morgan fingerprint density at radius 1 is 1.08 bits per heavy atom. The number of rotatable bonds is 2. The van der Waals surface area contributed by atoms with E-state index in [9.17, 15) is 0 Å². The third kappa shape index (κ3) is 7.45. The zero-order valence-electron chi connectivity index (χ0n) is 7.35. The molecule has 0 amide bonds. The van der Waals surface area contributed by atoms with Crippen molar-refractivity contribution < 1.29 is 50.7 Å². The molecule has 0 spiro atoms. The average Bonchev–Trinajstić information content (AvgIpc) is 2.15. The summed E-state index contributed by atoms with van der Waals surface area (Å²) in [7, 11) is 0. The second-order valence-corrected chi connectivity index (χ2v) is 2.89. The van der Waals surface area contributed by atoms with Crippen LogP contribution < -0.4 is 24.8 Å². The molecule has 0 bridgehead atoms. The van der Waals surface area contributed by atoms with E-state index >= 15 is 0 Å². The predicted octanol–water partition coefficient (Wildman–Crippen LogP) is -3.39. The van der Waals surface area contributed by atoms with Gasteiger partial charge in [0.25, 0.3) is 0 Å². The second kappa shape index (κ2) is 9.88. The Morgan fingerprint density at radius 2 is 1.50 bits per heavy atom. The average molecular weight is 371 g/mol. The maximum Gasteiger partial charge on any atom is 0 e. The van der Waals surface area contributed by atoms with Crippen LogP contribution in [0, 0.1) is 5.92 Å². The molecule has 0 saturated carbocycles. The fraction of sp³-hybridized carbons (Fsp3) is 0.444. The van der Waals surface area contributed by atoms with Crippen LogP contribution in [-0.2, 0) is 32.3 Å². The molecule has 12 heavy (non-hydrogen) atoms. The van der Waals surface area contributed by atoms with Crippen LogP contribution in [0.1, 0.15) is 19.4 Å². The molecule has 0 aliphatic rings. The molecule has 0 fully saturated rings. The van der Waals surface area contributed by atoms with E-state index in [1.165, 1.54) is 12.0 Å². The molecule has 0 nitrogen and oxygen atoms in total. The van der Waals surface area contributed by atoms with Gasteiger partial charge in [-0.25, -0.2) is 12.1 Å². The molecule has 1 aromatic carbocycles. The van der Waals surface area contributed by atoms with Crippen molar-refractivity contribution in [1.82, 2.24) is 0 Å². The third-order valence-corrected chi connectivity index (χ3v) is 1.38. The normalized spacial score (nSPS) is 7.92. The van der Waals surface area contributed by atoms with E-state index < -0.39 is 0 Å². The van der Waals surface area contributed by atoms with Crippen LogP contribution in [0.4, 0.5) is 0 Å². The van der Waals surface area contributed by atoms with Gasteiger partial charge in [-0.3, -0.25) is 0 Å². The fourth-order valence-corrected chi connectivity index (χ4v) is 1.02. The summed E-state index contributed by atoms with van der Waals surface area (Å²) in [4.78, 5) is 0. The molecule has 0 aliphatic carbocycles. The summed E-state index contributed by atoms with van der Waals surface area (Å²) in [5.41, 5.74) is 1.46. The topological polar surface area (TPSA) is 0 Å². The van der Waals surface area contributed by atoms with Gasteiger partial charge in [-0.2, -0.15) is 17.7 Å². The van der Waals surface area contributed by atoms with E-state index in [0.717, 1.165) is 5.92 Å². The van der Waals surface area contributed by atoms with Crippen molar-refractivity contribution in [3.05, 3.63) is 29.8 Å². The molecule has 1 rings (SSSR count). The van der Waals surface area contributed by atoms with Crippen LogP contribution in [0.3, 0.4) is 0 Å². The van der Waals surface area contributed by atoms with Crippen molar-refractivity contribution in [3.8, 4) is 0 Å². The zero-order valence-corrected chi connectivity index (χ0v) is 12.5. The second-order valence-electron chi connectivity index (χ2n) is 2.89. The zero-order chi connectivity index (χ0) is 6.69. The van der Waals surface area contributed by atoms with E-state index in [4.69, 9.17) is 0 Å². The van der Waals surface area contributed by atoms with Crippen LogP contribution >= 0.6 is 0 Å². The molecule has 0 atom stereocenters. The van der Waals surface area contributed by atoms with Crippen molar-refractivity contribution in [2.75, 3.05) is 0 Å². The predicted molar refractivity (Wildman–Crippen MR) is 40.6 cm³/mol. The molecular weight excluding hydrogens is 357 g/mol. The molecule has 1 aromatic rings. The molecule has 0 aromatic heterocycles. The maximum absolute atomic E-state index is 2.24. The van der Waals surface area contributed by atoms with Crippen LogP contribution in [0.25, 0.3) is 0 Å². The van der Waals surface area contributed by atoms with E-state index in [1.54, 1.807) is 0 Å². The summed E-state index contributed by atoms with van der Waals surface area (Å²) >= 11 is 0. The van der Waals surface area contributed by atoms with Crippen molar-refractivity contribution in [3.63, 3.8) is 0 Å². The molecule has 70 valence electrons. The minimum atomic E-state index is 0. The molecular formula is C9H13Cl2Hf-3. The van der Waals surface area contributed by atoms with Crippen LogP contribution in [0.2, 0.25) is 0 Å². The molecule has 0 radical (unpaired) electrons. The maximum atomic E-state index is 2.24. The van der Waals surface area contributed by atoms with Gasteiger partial charge in [0.1, 0.15) is 0 Å². The molecule has 0 saturated heterocycles. The van der Waals surface area contributed by atoms with Gasteiger partial charge in [0.2, 0.25) is 0 Å².